The van der Waals surface area contributed by atoms with Gasteiger partial charge in [-0.15, -0.1) is 0 Å². The molecule has 8 atom stereocenters. The quantitative estimate of drug-likeness (QED) is 0.182. The summed E-state index contributed by atoms with van der Waals surface area (Å²) in [6.45, 7) is 27.5. The summed E-state index contributed by atoms with van der Waals surface area (Å²) >= 11 is 0. The molecule has 0 radical (unpaired) electrons. The Hall–Kier alpha value is -1.14. The lowest BCUT2D eigenvalue weighted by Gasteiger charge is -2.53. The summed E-state index contributed by atoms with van der Waals surface area (Å²) in [6, 6.07) is 0. The fourth-order valence-corrected chi connectivity index (χ4v) is 8.48. The zero-order valence-electron chi connectivity index (χ0n) is 26.3. The van der Waals surface area contributed by atoms with Crippen molar-refractivity contribution in [2.75, 3.05) is 13.2 Å². The SMILES string of the molecule is CC1CC(C)(COC(=O)CCCCC(=O)OCC2(C)CC(C)C3(C)OC3(C)C2(C)C)C(C)(C)C2(C)OC12C. The monoisotopic (exact) mass is 534 g/mol. The predicted octanol–water partition coefficient (Wildman–Crippen LogP) is 6.87. The molecule has 2 heterocycles. The summed E-state index contributed by atoms with van der Waals surface area (Å²) in [7, 11) is 0. The van der Waals surface area contributed by atoms with E-state index in [9.17, 15) is 9.59 Å². The van der Waals surface area contributed by atoms with Crippen LogP contribution in [0.1, 0.15) is 122 Å². The van der Waals surface area contributed by atoms with Crippen molar-refractivity contribution >= 4 is 11.9 Å². The molecule has 2 aliphatic heterocycles. The first kappa shape index (κ1) is 29.8. The number of hydrogen-bond donors (Lipinski definition) is 0. The minimum absolute atomic E-state index is 0.0960. The predicted molar refractivity (Wildman–Crippen MR) is 148 cm³/mol. The van der Waals surface area contributed by atoms with Crippen molar-refractivity contribution in [3.63, 3.8) is 0 Å². The molecule has 0 N–H and O–H groups in total. The van der Waals surface area contributed by atoms with Gasteiger partial charge in [0, 0.05) is 34.5 Å². The van der Waals surface area contributed by atoms with Crippen molar-refractivity contribution < 1.29 is 28.5 Å². The third-order valence-electron chi connectivity index (χ3n) is 13.6. The summed E-state index contributed by atoms with van der Waals surface area (Å²) in [4.78, 5) is 25.2. The summed E-state index contributed by atoms with van der Waals surface area (Å²) in [5.74, 6) is 0.432. The summed E-state index contributed by atoms with van der Waals surface area (Å²) < 4.78 is 24.2. The molecule has 0 aromatic carbocycles. The van der Waals surface area contributed by atoms with Gasteiger partial charge in [-0.1, -0.05) is 55.4 Å². The van der Waals surface area contributed by atoms with E-state index in [0.717, 1.165) is 12.8 Å². The first-order valence-corrected chi connectivity index (χ1v) is 14.9. The van der Waals surface area contributed by atoms with Crippen molar-refractivity contribution in [2.45, 2.75) is 144 Å². The van der Waals surface area contributed by atoms with Crippen LogP contribution < -0.4 is 0 Å². The second-order valence-electron chi connectivity index (χ2n) is 15.6. The molecule has 2 saturated carbocycles. The minimum Gasteiger partial charge on any atom is -0.465 e. The number of hydrogen-bond acceptors (Lipinski definition) is 6. The van der Waals surface area contributed by atoms with Crippen molar-refractivity contribution in [1.29, 1.82) is 0 Å². The van der Waals surface area contributed by atoms with E-state index in [1.54, 1.807) is 0 Å². The molecule has 0 aromatic rings. The summed E-state index contributed by atoms with van der Waals surface area (Å²) in [5.41, 5.74) is -1.15. The van der Waals surface area contributed by atoms with Crippen molar-refractivity contribution in [3.8, 4) is 0 Å². The van der Waals surface area contributed by atoms with Crippen LogP contribution in [0.5, 0.6) is 0 Å². The second-order valence-corrected chi connectivity index (χ2v) is 15.6. The number of unbranched alkanes of at least 4 members (excludes halogenated alkanes) is 1. The molecule has 2 aliphatic carbocycles. The molecular formula is C32H54O6. The van der Waals surface area contributed by atoms with Gasteiger partial charge < -0.3 is 18.9 Å². The van der Waals surface area contributed by atoms with Gasteiger partial charge in [-0.2, -0.15) is 0 Å². The maximum absolute atomic E-state index is 12.6. The number of rotatable bonds is 9. The molecule has 0 aromatic heterocycles. The lowest BCUT2D eigenvalue weighted by Crippen LogP contribution is -2.57. The number of epoxide rings is 2. The molecule has 0 spiro atoms. The molecule has 6 heteroatoms. The highest BCUT2D eigenvalue weighted by Gasteiger charge is 2.80. The van der Waals surface area contributed by atoms with E-state index < -0.39 is 0 Å². The Labute approximate surface area is 231 Å². The molecule has 8 unspecified atom stereocenters. The van der Waals surface area contributed by atoms with E-state index in [1.807, 2.05) is 0 Å². The van der Waals surface area contributed by atoms with Crippen LogP contribution in [0.4, 0.5) is 0 Å². The summed E-state index contributed by atoms with van der Waals surface area (Å²) in [5, 5.41) is 0. The smallest absolute Gasteiger partial charge is 0.305 e. The maximum atomic E-state index is 12.6. The van der Waals surface area contributed by atoms with E-state index in [2.05, 4.69) is 83.1 Å². The van der Waals surface area contributed by atoms with Gasteiger partial charge in [0.05, 0.1) is 24.4 Å². The van der Waals surface area contributed by atoms with Gasteiger partial charge in [0.2, 0.25) is 0 Å². The first-order valence-electron chi connectivity index (χ1n) is 14.9. The largest absolute Gasteiger partial charge is 0.465 e. The van der Waals surface area contributed by atoms with Gasteiger partial charge in [0.15, 0.2) is 0 Å². The van der Waals surface area contributed by atoms with Crippen LogP contribution in [0.15, 0.2) is 0 Å². The number of ether oxygens (including phenoxy) is 4. The molecule has 4 aliphatic rings. The molecule has 218 valence electrons. The van der Waals surface area contributed by atoms with E-state index in [1.165, 1.54) is 0 Å². The Morgan fingerprint density at radius 1 is 0.632 bits per heavy atom. The molecular weight excluding hydrogens is 480 g/mol. The summed E-state index contributed by atoms with van der Waals surface area (Å²) in [6.07, 6.45) is 3.80. The molecule has 0 amide bonds. The highest BCUT2D eigenvalue weighted by molar-refractivity contribution is 5.70. The van der Waals surface area contributed by atoms with E-state index in [4.69, 9.17) is 18.9 Å². The second kappa shape index (κ2) is 8.68. The average molecular weight is 535 g/mol. The Morgan fingerprint density at radius 3 is 1.26 bits per heavy atom. The van der Waals surface area contributed by atoms with Gasteiger partial charge in [0.1, 0.15) is 11.2 Å². The lowest BCUT2D eigenvalue weighted by molar-refractivity contribution is -0.156. The molecule has 38 heavy (non-hydrogen) atoms. The average Bonchev–Trinajstić information content (AvgIpc) is 3.63. The zero-order chi connectivity index (χ0) is 28.8. The number of carbonyl (C=O) groups is 2. The molecule has 2 saturated heterocycles. The van der Waals surface area contributed by atoms with E-state index >= 15 is 0 Å². The third kappa shape index (κ3) is 3.85. The highest BCUT2D eigenvalue weighted by atomic mass is 16.6. The van der Waals surface area contributed by atoms with Crippen LogP contribution in [0, 0.1) is 33.5 Å². The van der Waals surface area contributed by atoms with Crippen LogP contribution in [-0.2, 0) is 28.5 Å². The Kier molecular flexibility index (Phi) is 6.81. The van der Waals surface area contributed by atoms with E-state index in [0.29, 0.717) is 50.7 Å². The maximum Gasteiger partial charge on any atom is 0.305 e. The van der Waals surface area contributed by atoms with Crippen LogP contribution in [0.2, 0.25) is 0 Å². The Bertz CT molecular complexity index is 910. The van der Waals surface area contributed by atoms with Gasteiger partial charge in [-0.25, -0.2) is 0 Å². The van der Waals surface area contributed by atoms with Gasteiger partial charge >= 0.3 is 11.9 Å². The van der Waals surface area contributed by atoms with Crippen molar-refractivity contribution in [2.24, 2.45) is 33.5 Å². The van der Waals surface area contributed by atoms with Crippen LogP contribution in [-0.4, -0.2) is 47.6 Å². The fraction of sp³-hybridized carbons (Fsp3) is 0.938. The lowest BCUT2D eigenvalue weighted by atomic mass is 9.49. The Morgan fingerprint density at radius 2 is 0.947 bits per heavy atom. The number of carbonyl (C=O) groups excluding carboxylic acids is 2. The number of esters is 2. The van der Waals surface area contributed by atoms with Crippen molar-refractivity contribution in [3.05, 3.63) is 0 Å². The zero-order valence-corrected chi connectivity index (χ0v) is 26.3. The van der Waals surface area contributed by atoms with Crippen LogP contribution in [0.3, 0.4) is 0 Å². The Balaban J connectivity index is 1.18. The van der Waals surface area contributed by atoms with Crippen LogP contribution >= 0.6 is 0 Å². The van der Waals surface area contributed by atoms with Crippen molar-refractivity contribution in [1.82, 2.24) is 0 Å². The van der Waals surface area contributed by atoms with E-state index in [-0.39, 0.29) is 56.0 Å². The topological polar surface area (TPSA) is 77.7 Å². The third-order valence-corrected chi connectivity index (χ3v) is 13.6. The first-order chi connectivity index (χ1) is 17.2. The standard InChI is InChI=1S/C32H54O6/c1-21-17-27(7,25(3,4)31(11)29(21,9)37-31)19-35-23(33)15-13-14-16-24(34)36-20-28(8)18-22(2)30(10)32(12,38-30)26(28,5)6/h21-22H,13-20H2,1-12H3. The number of fused-ring (bicyclic) bond motifs is 2. The minimum atomic E-state index is -0.204. The molecule has 4 fully saturated rings. The van der Waals surface area contributed by atoms with Gasteiger partial charge in [0.25, 0.3) is 0 Å². The molecule has 0 bridgehead atoms. The highest BCUT2D eigenvalue weighted by Crippen LogP contribution is 2.73. The normalized spacial score (nSPS) is 47.9. The molecule has 6 nitrogen and oxygen atoms in total. The van der Waals surface area contributed by atoms with Gasteiger partial charge in [-0.05, 0) is 65.2 Å². The molecule has 4 rings (SSSR count). The van der Waals surface area contributed by atoms with Gasteiger partial charge in [-0.3, -0.25) is 9.59 Å². The van der Waals surface area contributed by atoms with Crippen LogP contribution in [0.25, 0.3) is 0 Å². The fourth-order valence-electron chi connectivity index (χ4n) is 8.48.